The molecule has 0 radical (unpaired) electrons. The zero-order valence-electron chi connectivity index (χ0n) is 14.6. The number of nitrogens with zero attached hydrogens (tertiary/aromatic N) is 3. The summed E-state index contributed by atoms with van der Waals surface area (Å²) in [5.74, 6) is 1.69. The highest BCUT2D eigenvalue weighted by molar-refractivity contribution is 5.82. The minimum atomic E-state index is -0.304. The molecule has 3 heterocycles. The van der Waals surface area contributed by atoms with Crippen molar-refractivity contribution >= 4 is 5.78 Å². The first-order chi connectivity index (χ1) is 13.2. The molecule has 1 aliphatic rings. The van der Waals surface area contributed by atoms with Crippen LogP contribution in [0.1, 0.15) is 5.56 Å². The van der Waals surface area contributed by atoms with E-state index in [4.69, 9.17) is 14.5 Å². The maximum Gasteiger partial charge on any atom is 0.235 e. The van der Waals surface area contributed by atoms with Gasteiger partial charge in [-0.2, -0.15) is 0 Å². The number of halogens is 1. The third-order valence-corrected chi connectivity index (χ3v) is 4.76. The summed E-state index contributed by atoms with van der Waals surface area (Å²) in [6.07, 6.45) is 4.34. The van der Waals surface area contributed by atoms with E-state index in [1.165, 1.54) is 17.7 Å². The van der Waals surface area contributed by atoms with E-state index in [-0.39, 0.29) is 5.82 Å². The van der Waals surface area contributed by atoms with Gasteiger partial charge >= 0.3 is 0 Å². The number of fused-ring (bicyclic) bond motifs is 2. The molecule has 2 aromatic heterocycles. The molecule has 0 bridgehead atoms. The number of hydrogen-bond acceptors (Lipinski definition) is 4. The predicted molar refractivity (Wildman–Crippen MR) is 99.6 cm³/mol. The lowest BCUT2D eigenvalue weighted by atomic mass is 10.0. The normalized spacial score (nSPS) is 12.8. The van der Waals surface area contributed by atoms with Gasteiger partial charge in [-0.15, -0.1) is 0 Å². The van der Waals surface area contributed by atoms with Crippen LogP contribution in [0.3, 0.4) is 0 Å². The number of rotatable bonds is 3. The summed E-state index contributed by atoms with van der Waals surface area (Å²) >= 11 is 0. The number of benzene rings is 2. The fourth-order valence-corrected chi connectivity index (χ4v) is 3.45. The molecule has 4 aromatic rings. The number of ether oxygens (including phenoxy) is 2. The second kappa shape index (κ2) is 6.09. The van der Waals surface area contributed by atoms with Crippen molar-refractivity contribution < 1.29 is 13.9 Å². The van der Waals surface area contributed by atoms with Crippen LogP contribution in [0, 0.1) is 5.82 Å². The van der Waals surface area contributed by atoms with Crippen molar-refractivity contribution in [3.05, 3.63) is 66.2 Å². The van der Waals surface area contributed by atoms with E-state index in [1.54, 1.807) is 19.4 Å². The molecule has 0 aliphatic carbocycles. The van der Waals surface area contributed by atoms with Crippen molar-refractivity contribution in [2.24, 2.45) is 0 Å². The SMILES string of the molecule is COc1cnc2nc(-c3ccc4c(c3)OCC4)c(-c3cccc(F)c3)n2c1. The zero-order chi connectivity index (χ0) is 18.4. The van der Waals surface area contributed by atoms with Gasteiger partial charge in [0.15, 0.2) is 5.75 Å². The number of methoxy groups -OCH3 is 1. The summed E-state index contributed by atoms with van der Waals surface area (Å²) in [6, 6.07) is 12.5. The second-order valence-electron chi connectivity index (χ2n) is 6.40. The Labute approximate surface area is 155 Å². The summed E-state index contributed by atoms with van der Waals surface area (Å²) in [4.78, 5) is 9.09. The van der Waals surface area contributed by atoms with Crippen molar-refractivity contribution in [2.75, 3.05) is 13.7 Å². The molecule has 0 saturated carbocycles. The number of aromatic nitrogens is 3. The molecule has 0 fully saturated rings. The van der Waals surface area contributed by atoms with E-state index in [9.17, 15) is 4.39 Å². The van der Waals surface area contributed by atoms with E-state index >= 15 is 0 Å². The molecule has 0 spiro atoms. The molecule has 0 N–H and O–H groups in total. The van der Waals surface area contributed by atoms with Crippen molar-refractivity contribution in [1.29, 1.82) is 0 Å². The molecular weight excluding hydrogens is 345 g/mol. The molecule has 2 aromatic carbocycles. The van der Waals surface area contributed by atoms with Gasteiger partial charge in [0.05, 0.1) is 37.5 Å². The number of hydrogen-bond donors (Lipinski definition) is 0. The monoisotopic (exact) mass is 361 g/mol. The molecule has 0 amide bonds. The summed E-state index contributed by atoms with van der Waals surface area (Å²) in [5, 5.41) is 0. The van der Waals surface area contributed by atoms with Gasteiger partial charge in [0, 0.05) is 17.5 Å². The van der Waals surface area contributed by atoms with E-state index in [0.717, 1.165) is 29.1 Å². The Balaban J connectivity index is 1.80. The van der Waals surface area contributed by atoms with Crippen LogP contribution < -0.4 is 9.47 Å². The lowest BCUT2D eigenvalue weighted by Crippen LogP contribution is -1.94. The van der Waals surface area contributed by atoms with E-state index in [0.29, 0.717) is 23.7 Å². The molecular formula is C21H16FN3O2. The second-order valence-corrected chi connectivity index (χ2v) is 6.40. The van der Waals surface area contributed by atoms with Gasteiger partial charge in [-0.1, -0.05) is 24.3 Å². The molecule has 5 rings (SSSR count). The zero-order valence-corrected chi connectivity index (χ0v) is 14.6. The molecule has 6 heteroatoms. The Hall–Kier alpha value is -3.41. The minimum absolute atomic E-state index is 0.304. The highest BCUT2D eigenvalue weighted by atomic mass is 19.1. The fraction of sp³-hybridized carbons (Fsp3) is 0.143. The van der Waals surface area contributed by atoms with E-state index in [1.807, 2.05) is 28.8 Å². The van der Waals surface area contributed by atoms with E-state index in [2.05, 4.69) is 11.1 Å². The summed E-state index contributed by atoms with van der Waals surface area (Å²) < 4.78 is 26.8. The Bertz CT molecular complexity index is 1170. The van der Waals surface area contributed by atoms with Crippen LogP contribution in [0.25, 0.3) is 28.3 Å². The molecule has 134 valence electrons. The van der Waals surface area contributed by atoms with Gasteiger partial charge in [0.2, 0.25) is 5.78 Å². The van der Waals surface area contributed by atoms with Crippen molar-refractivity contribution in [3.63, 3.8) is 0 Å². The summed E-state index contributed by atoms with van der Waals surface area (Å²) in [6.45, 7) is 0.694. The van der Waals surface area contributed by atoms with Gasteiger partial charge in [-0.25, -0.2) is 14.4 Å². The van der Waals surface area contributed by atoms with Crippen LogP contribution in [0.15, 0.2) is 54.9 Å². The Morgan fingerprint density at radius 3 is 2.93 bits per heavy atom. The third kappa shape index (κ3) is 2.61. The molecule has 1 aliphatic heterocycles. The predicted octanol–water partition coefficient (Wildman–Crippen LogP) is 4.15. The van der Waals surface area contributed by atoms with Gasteiger partial charge in [0.25, 0.3) is 0 Å². The van der Waals surface area contributed by atoms with Crippen molar-refractivity contribution in [2.45, 2.75) is 6.42 Å². The van der Waals surface area contributed by atoms with Gasteiger partial charge in [-0.05, 0) is 23.8 Å². The first-order valence-electron chi connectivity index (χ1n) is 8.67. The molecule has 27 heavy (non-hydrogen) atoms. The molecule has 0 atom stereocenters. The minimum Gasteiger partial charge on any atom is -0.494 e. The quantitative estimate of drug-likeness (QED) is 0.550. The topological polar surface area (TPSA) is 48.7 Å². The van der Waals surface area contributed by atoms with Crippen molar-refractivity contribution in [1.82, 2.24) is 14.4 Å². The molecule has 0 saturated heterocycles. The first kappa shape index (κ1) is 15.8. The summed E-state index contributed by atoms with van der Waals surface area (Å²) in [7, 11) is 1.58. The highest BCUT2D eigenvalue weighted by Gasteiger charge is 2.20. The maximum atomic E-state index is 13.9. The van der Waals surface area contributed by atoms with Gasteiger partial charge < -0.3 is 9.47 Å². The average molecular weight is 361 g/mol. The molecule has 0 unspecified atom stereocenters. The summed E-state index contributed by atoms with van der Waals surface area (Å²) in [5.41, 5.74) is 4.29. The smallest absolute Gasteiger partial charge is 0.235 e. The molecule has 5 nitrogen and oxygen atoms in total. The Kier molecular flexibility index (Phi) is 3.57. The standard InChI is InChI=1S/C21H16FN3O2/c1-26-17-11-23-21-24-19(14-6-5-13-7-8-27-18(13)10-14)20(25(21)12-17)15-3-2-4-16(22)9-15/h2-6,9-12H,7-8H2,1H3. The largest absolute Gasteiger partial charge is 0.494 e. The van der Waals surface area contributed by atoms with Crippen molar-refractivity contribution in [3.8, 4) is 34.0 Å². The highest BCUT2D eigenvalue weighted by Crippen LogP contribution is 2.36. The number of imidazole rings is 1. The Morgan fingerprint density at radius 2 is 2.07 bits per heavy atom. The van der Waals surface area contributed by atoms with Crippen LogP contribution in [0.4, 0.5) is 4.39 Å². The lowest BCUT2D eigenvalue weighted by Gasteiger charge is -2.08. The average Bonchev–Trinajstić information content (AvgIpc) is 3.31. The van der Waals surface area contributed by atoms with Crippen LogP contribution in [-0.2, 0) is 6.42 Å². The van der Waals surface area contributed by atoms with Crippen LogP contribution in [0.2, 0.25) is 0 Å². The Morgan fingerprint density at radius 1 is 1.15 bits per heavy atom. The first-order valence-corrected chi connectivity index (χ1v) is 8.67. The van der Waals surface area contributed by atoms with Gasteiger partial charge in [-0.3, -0.25) is 4.40 Å². The lowest BCUT2D eigenvalue weighted by molar-refractivity contribution is 0.357. The van der Waals surface area contributed by atoms with Crippen LogP contribution >= 0.6 is 0 Å². The fourth-order valence-electron chi connectivity index (χ4n) is 3.45. The third-order valence-electron chi connectivity index (χ3n) is 4.76. The van der Waals surface area contributed by atoms with Crippen LogP contribution in [-0.4, -0.2) is 28.1 Å². The van der Waals surface area contributed by atoms with E-state index < -0.39 is 0 Å². The maximum absolute atomic E-state index is 13.9. The van der Waals surface area contributed by atoms with Crippen LogP contribution in [0.5, 0.6) is 11.5 Å². The van der Waals surface area contributed by atoms with Gasteiger partial charge in [0.1, 0.15) is 11.6 Å².